The maximum Gasteiger partial charge on any atom is 0.273 e. The zero-order valence-corrected chi connectivity index (χ0v) is 16.3. The molecule has 2 aromatic carbocycles. The van der Waals surface area contributed by atoms with Gasteiger partial charge in [-0.15, -0.1) is 0 Å². The van der Waals surface area contributed by atoms with Crippen LogP contribution in [0.1, 0.15) is 24.2 Å². The molecular weight excluding hydrogens is 376 g/mol. The monoisotopic (exact) mass is 394 g/mol. The van der Waals surface area contributed by atoms with E-state index in [4.69, 9.17) is 11.6 Å². The van der Waals surface area contributed by atoms with Crippen LogP contribution >= 0.6 is 11.6 Å². The first-order valence-electron chi connectivity index (χ1n) is 8.98. The van der Waals surface area contributed by atoms with E-state index in [-0.39, 0.29) is 11.5 Å². The van der Waals surface area contributed by atoms with Crippen molar-refractivity contribution in [3.63, 3.8) is 0 Å². The number of aryl methyl sites for hydroxylation is 1. The highest BCUT2D eigenvalue weighted by Gasteiger charge is 2.22. The first kappa shape index (κ1) is 18.3. The average Bonchev–Trinajstić information content (AvgIpc) is 3.01. The Kier molecular flexibility index (Phi) is 4.65. The third-order valence-corrected chi connectivity index (χ3v) is 5.22. The van der Waals surface area contributed by atoms with Crippen molar-refractivity contribution in [2.24, 2.45) is 0 Å². The molecule has 4 aromatic rings. The molecule has 2 heterocycles. The smallest absolute Gasteiger partial charge is 0.273 e. The van der Waals surface area contributed by atoms with Crippen LogP contribution in [-0.4, -0.2) is 20.1 Å². The summed E-state index contributed by atoms with van der Waals surface area (Å²) < 4.78 is 3.69. The minimum atomic E-state index is -0.520. The lowest BCUT2D eigenvalue weighted by Gasteiger charge is -2.18. The van der Waals surface area contributed by atoms with Gasteiger partial charge in [0.15, 0.2) is 5.65 Å². The van der Waals surface area contributed by atoms with Gasteiger partial charge in [-0.2, -0.15) is 4.98 Å². The number of carbonyl (C=O) groups is 1. The molecule has 0 fully saturated rings. The van der Waals surface area contributed by atoms with Gasteiger partial charge in [0, 0.05) is 28.7 Å². The number of aromatic nitrogens is 3. The predicted octanol–water partition coefficient (Wildman–Crippen LogP) is 3.49. The van der Waals surface area contributed by atoms with Gasteiger partial charge in [0.2, 0.25) is 5.91 Å². The average molecular weight is 395 g/mol. The molecule has 1 amide bonds. The lowest BCUT2D eigenvalue weighted by atomic mass is 10.2. The van der Waals surface area contributed by atoms with E-state index in [0.717, 1.165) is 22.2 Å². The Bertz CT molecular complexity index is 1260. The number of rotatable bonds is 4. The zero-order valence-electron chi connectivity index (χ0n) is 15.5. The van der Waals surface area contributed by atoms with Crippen molar-refractivity contribution >= 4 is 34.1 Å². The van der Waals surface area contributed by atoms with Gasteiger partial charge in [0.1, 0.15) is 6.04 Å². The molecule has 0 saturated heterocycles. The number of fused-ring (bicyclic) bond motifs is 3. The number of carbonyl (C=O) groups excluding carboxylic acids is 1. The third kappa shape index (κ3) is 3.05. The van der Waals surface area contributed by atoms with Crippen molar-refractivity contribution in [3.05, 3.63) is 81.2 Å². The zero-order chi connectivity index (χ0) is 19.8. The van der Waals surface area contributed by atoms with Gasteiger partial charge in [0.05, 0.1) is 5.52 Å². The largest absolute Gasteiger partial charge is 0.350 e. The molecule has 6 nitrogen and oxygen atoms in total. The highest BCUT2D eigenvalue weighted by Crippen LogP contribution is 2.25. The lowest BCUT2D eigenvalue weighted by molar-refractivity contribution is -0.124. The van der Waals surface area contributed by atoms with Crippen LogP contribution in [0, 0.1) is 6.92 Å². The van der Waals surface area contributed by atoms with E-state index in [1.54, 1.807) is 6.07 Å². The van der Waals surface area contributed by atoms with E-state index < -0.39 is 6.04 Å². The van der Waals surface area contributed by atoms with E-state index >= 15 is 0 Å². The van der Waals surface area contributed by atoms with Crippen molar-refractivity contribution in [3.8, 4) is 0 Å². The number of nitrogens with zero attached hydrogens (tertiary/aromatic N) is 3. The quantitative estimate of drug-likeness (QED) is 0.576. The normalized spacial score (nSPS) is 12.4. The highest BCUT2D eigenvalue weighted by atomic mass is 35.5. The molecule has 2 aromatic heterocycles. The summed E-state index contributed by atoms with van der Waals surface area (Å²) in [5.74, 6) is -0.152. The standard InChI is InChI=1S/C21H19ClN4O2/c1-13-11-19(27)24-20-16-8-4-6-10-18(16)26(25(13)20)14(2)21(28)23-12-15-7-3-5-9-17(15)22/h3-11,14H,12H2,1-2H3,(H,23,28)/t14-/m1/s1. The molecule has 142 valence electrons. The molecule has 0 saturated carbocycles. The van der Waals surface area contributed by atoms with Gasteiger partial charge < -0.3 is 5.32 Å². The van der Waals surface area contributed by atoms with E-state index in [0.29, 0.717) is 17.2 Å². The number of amides is 1. The predicted molar refractivity (Wildman–Crippen MR) is 110 cm³/mol. The summed E-state index contributed by atoms with van der Waals surface area (Å²) in [6.07, 6.45) is 0. The second-order valence-electron chi connectivity index (χ2n) is 6.72. The van der Waals surface area contributed by atoms with Gasteiger partial charge in [-0.3, -0.25) is 14.3 Å². The van der Waals surface area contributed by atoms with Crippen LogP contribution < -0.4 is 10.9 Å². The van der Waals surface area contributed by atoms with Crippen LogP contribution in [0.2, 0.25) is 5.02 Å². The van der Waals surface area contributed by atoms with Crippen LogP contribution in [0.25, 0.3) is 16.6 Å². The Morgan fingerprint density at radius 3 is 2.68 bits per heavy atom. The fraction of sp³-hybridized carbons (Fsp3) is 0.190. The van der Waals surface area contributed by atoms with Gasteiger partial charge >= 0.3 is 0 Å². The lowest BCUT2D eigenvalue weighted by Crippen LogP contribution is -2.32. The summed E-state index contributed by atoms with van der Waals surface area (Å²) in [5, 5.41) is 4.39. The number of nitrogens with one attached hydrogen (secondary N) is 1. The number of halogens is 1. The van der Waals surface area contributed by atoms with E-state index in [2.05, 4.69) is 10.3 Å². The maximum absolute atomic E-state index is 12.9. The van der Waals surface area contributed by atoms with Gasteiger partial charge in [0.25, 0.3) is 5.56 Å². The minimum Gasteiger partial charge on any atom is -0.350 e. The SMILES string of the molecule is Cc1cc(=O)nc2c3ccccc3n([C@H](C)C(=O)NCc3ccccc3Cl)n12. The molecule has 0 spiro atoms. The summed E-state index contributed by atoms with van der Waals surface area (Å²) >= 11 is 6.18. The van der Waals surface area contributed by atoms with Crippen LogP contribution in [0.3, 0.4) is 0 Å². The summed E-state index contributed by atoms with van der Waals surface area (Å²) in [6.45, 7) is 4.00. The maximum atomic E-state index is 12.9. The number of para-hydroxylation sites is 1. The van der Waals surface area contributed by atoms with Crippen LogP contribution in [-0.2, 0) is 11.3 Å². The molecule has 4 rings (SSSR count). The summed E-state index contributed by atoms with van der Waals surface area (Å²) in [7, 11) is 0. The molecule has 0 aliphatic carbocycles. The fourth-order valence-corrected chi connectivity index (χ4v) is 3.67. The second kappa shape index (κ2) is 7.13. The first-order chi connectivity index (χ1) is 13.5. The van der Waals surface area contributed by atoms with Gasteiger partial charge in [-0.25, -0.2) is 4.52 Å². The fourth-order valence-electron chi connectivity index (χ4n) is 3.47. The third-order valence-electron chi connectivity index (χ3n) is 4.85. The topological polar surface area (TPSA) is 68.4 Å². The van der Waals surface area contributed by atoms with Crippen LogP contribution in [0.15, 0.2) is 59.4 Å². The van der Waals surface area contributed by atoms with E-state index in [1.807, 2.05) is 65.5 Å². The molecule has 0 aliphatic heterocycles. The first-order valence-corrected chi connectivity index (χ1v) is 9.36. The van der Waals surface area contributed by atoms with Crippen molar-refractivity contribution in [1.82, 2.24) is 19.5 Å². The minimum absolute atomic E-state index is 0.152. The van der Waals surface area contributed by atoms with Gasteiger partial charge in [-0.05, 0) is 37.6 Å². The molecule has 0 aliphatic rings. The van der Waals surface area contributed by atoms with Crippen LogP contribution in [0.4, 0.5) is 0 Å². The Balaban J connectivity index is 1.76. The Labute approximate surface area is 166 Å². The molecular formula is C21H19ClN4O2. The summed E-state index contributed by atoms with van der Waals surface area (Å²) in [6, 6.07) is 16.0. The van der Waals surface area contributed by atoms with Crippen LogP contribution in [0.5, 0.6) is 0 Å². The Morgan fingerprint density at radius 1 is 1.18 bits per heavy atom. The molecule has 0 radical (unpaired) electrons. The number of hydrogen-bond acceptors (Lipinski definition) is 3. The van der Waals surface area contributed by atoms with Crippen molar-refractivity contribution in [2.75, 3.05) is 0 Å². The number of hydrogen-bond donors (Lipinski definition) is 1. The summed E-state index contributed by atoms with van der Waals surface area (Å²) in [5.41, 5.74) is 2.66. The Morgan fingerprint density at radius 2 is 1.89 bits per heavy atom. The molecule has 7 heteroatoms. The van der Waals surface area contributed by atoms with Crippen molar-refractivity contribution in [2.45, 2.75) is 26.4 Å². The number of benzene rings is 2. The van der Waals surface area contributed by atoms with E-state index in [1.165, 1.54) is 6.07 Å². The molecule has 0 bridgehead atoms. The van der Waals surface area contributed by atoms with Crippen molar-refractivity contribution < 1.29 is 4.79 Å². The summed E-state index contributed by atoms with van der Waals surface area (Å²) in [4.78, 5) is 29.0. The molecule has 1 N–H and O–H groups in total. The highest BCUT2D eigenvalue weighted by molar-refractivity contribution is 6.31. The second-order valence-corrected chi connectivity index (χ2v) is 7.13. The van der Waals surface area contributed by atoms with Crippen molar-refractivity contribution in [1.29, 1.82) is 0 Å². The molecule has 28 heavy (non-hydrogen) atoms. The molecule has 1 atom stereocenters. The van der Waals surface area contributed by atoms with Gasteiger partial charge in [-0.1, -0.05) is 41.9 Å². The van der Waals surface area contributed by atoms with E-state index in [9.17, 15) is 9.59 Å². The Hall–Kier alpha value is -3.12. The molecule has 0 unspecified atom stereocenters.